The molecule has 14 heavy (non-hydrogen) atoms. The minimum atomic E-state index is -0.777. The third kappa shape index (κ3) is 1.22. The number of benzene rings is 1. The molecule has 2 aromatic rings. The van der Waals surface area contributed by atoms with Gasteiger partial charge < -0.3 is 9.97 Å². The van der Waals surface area contributed by atoms with Gasteiger partial charge in [-0.3, -0.25) is 9.59 Å². The van der Waals surface area contributed by atoms with Crippen LogP contribution >= 0.6 is 0 Å². The first-order valence-corrected chi connectivity index (χ1v) is 4.00. The molecule has 5 heteroatoms. The summed E-state index contributed by atoms with van der Waals surface area (Å²) < 4.78 is 13.1. The van der Waals surface area contributed by atoms with Gasteiger partial charge in [0.1, 0.15) is 5.82 Å². The van der Waals surface area contributed by atoms with Crippen molar-refractivity contribution in [2.45, 2.75) is 6.92 Å². The maximum absolute atomic E-state index is 13.1. The maximum atomic E-state index is 13.1. The first-order chi connectivity index (χ1) is 6.58. The summed E-state index contributed by atoms with van der Waals surface area (Å²) in [7, 11) is 0. The molecule has 0 spiro atoms. The molecule has 0 amide bonds. The fourth-order valence-electron chi connectivity index (χ4n) is 1.25. The number of hydrogen-bond donors (Lipinski definition) is 2. The highest BCUT2D eigenvalue weighted by Crippen LogP contribution is 2.12. The molecular formula is C9H7FN2O2. The van der Waals surface area contributed by atoms with Crippen LogP contribution in [-0.4, -0.2) is 9.97 Å². The van der Waals surface area contributed by atoms with Crippen molar-refractivity contribution in [3.05, 3.63) is 44.2 Å². The van der Waals surface area contributed by atoms with Gasteiger partial charge in [0.15, 0.2) is 0 Å². The zero-order valence-corrected chi connectivity index (χ0v) is 7.35. The van der Waals surface area contributed by atoms with Gasteiger partial charge in [-0.15, -0.1) is 0 Å². The summed E-state index contributed by atoms with van der Waals surface area (Å²) in [6.07, 6.45) is 0. The van der Waals surface area contributed by atoms with Crippen LogP contribution in [0.3, 0.4) is 0 Å². The molecule has 0 aliphatic carbocycles. The molecule has 72 valence electrons. The van der Waals surface area contributed by atoms with Gasteiger partial charge in [0, 0.05) is 0 Å². The van der Waals surface area contributed by atoms with E-state index >= 15 is 0 Å². The second kappa shape index (κ2) is 2.80. The van der Waals surface area contributed by atoms with Crippen molar-refractivity contribution in [2.24, 2.45) is 0 Å². The Balaban J connectivity index is 2.97. The number of rotatable bonds is 0. The van der Waals surface area contributed by atoms with E-state index < -0.39 is 16.9 Å². The summed E-state index contributed by atoms with van der Waals surface area (Å²) in [6.45, 7) is 1.58. The highest BCUT2D eigenvalue weighted by atomic mass is 19.1. The van der Waals surface area contributed by atoms with Crippen LogP contribution in [0.1, 0.15) is 5.56 Å². The molecule has 0 unspecified atom stereocenters. The van der Waals surface area contributed by atoms with Crippen LogP contribution in [0.25, 0.3) is 11.0 Å². The molecule has 1 aromatic carbocycles. The molecule has 0 radical (unpaired) electrons. The number of H-pyrrole nitrogens is 2. The fourth-order valence-corrected chi connectivity index (χ4v) is 1.25. The van der Waals surface area contributed by atoms with Gasteiger partial charge in [0.2, 0.25) is 0 Å². The number of hydrogen-bond acceptors (Lipinski definition) is 2. The average molecular weight is 194 g/mol. The topological polar surface area (TPSA) is 65.7 Å². The van der Waals surface area contributed by atoms with Crippen LogP contribution in [0.15, 0.2) is 21.7 Å². The van der Waals surface area contributed by atoms with E-state index in [2.05, 4.69) is 9.97 Å². The Hall–Kier alpha value is -1.91. The molecule has 0 fully saturated rings. The number of nitrogens with one attached hydrogen (secondary N) is 2. The predicted octanol–water partition coefficient (Wildman–Crippen LogP) is 0.664. The van der Waals surface area contributed by atoms with Gasteiger partial charge in [0.25, 0.3) is 0 Å². The van der Waals surface area contributed by atoms with Gasteiger partial charge in [0.05, 0.1) is 11.0 Å². The van der Waals surface area contributed by atoms with E-state index in [1.807, 2.05) is 0 Å². The Morgan fingerprint density at radius 2 is 1.57 bits per heavy atom. The third-order valence-electron chi connectivity index (χ3n) is 2.00. The van der Waals surface area contributed by atoms with Crippen LogP contribution in [0, 0.1) is 12.7 Å². The van der Waals surface area contributed by atoms with E-state index in [1.165, 1.54) is 12.1 Å². The first kappa shape index (κ1) is 8.68. The number of aromatic amines is 2. The molecule has 1 heterocycles. The molecule has 4 nitrogen and oxygen atoms in total. The smallest absolute Gasteiger partial charge is 0.314 e. The normalized spacial score (nSPS) is 10.7. The third-order valence-corrected chi connectivity index (χ3v) is 2.00. The second-order valence-corrected chi connectivity index (χ2v) is 3.06. The van der Waals surface area contributed by atoms with Crippen molar-refractivity contribution in [1.82, 2.24) is 9.97 Å². The summed E-state index contributed by atoms with van der Waals surface area (Å²) in [5.74, 6) is -0.416. The summed E-state index contributed by atoms with van der Waals surface area (Å²) in [4.78, 5) is 26.5. The second-order valence-electron chi connectivity index (χ2n) is 3.06. The first-order valence-electron chi connectivity index (χ1n) is 4.00. The van der Waals surface area contributed by atoms with Crippen molar-refractivity contribution >= 4 is 11.0 Å². The SMILES string of the molecule is Cc1cc2[nH]c(=O)c(=O)[nH]c2cc1F. The summed E-state index contributed by atoms with van der Waals surface area (Å²) in [6, 6.07) is 2.66. The lowest BCUT2D eigenvalue weighted by Crippen LogP contribution is -2.28. The Bertz CT molecular complexity index is 558. The van der Waals surface area contributed by atoms with E-state index in [1.54, 1.807) is 6.92 Å². The summed E-state index contributed by atoms with van der Waals surface area (Å²) in [5.41, 5.74) is -0.379. The van der Waals surface area contributed by atoms with Crippen molar-refractivity contribution in [3.8, 4) is 0 Å². The molecular weight excluding hydrogens is 187 g/mol. The zero-order chi connectivity index (χ0) is 10.3. The minimum absolute atomic E-state index is 0.290. The van der Waals surface area contributed by atoms with Crippen molar-refractivity contribution in [2.75, 3.05) is 0 Å². The lowest BCUT2D eigenvalue weighted by molar-refractivity contribution is 0.620. The van der Waals surface area contributed by atoms with E-state index in [0.717, 1.165) is 0 Å². The highest BCUT2D eigenvalue weighted by molar-refractivity contribution is 5.74. The zero-order valence-electron chi connectivity index (χ0n) is 7.35. The van der Waals surface area contributed by atoms with Crippen LogP contribution in [0.2, 0.25) is 0 Å². The fraction of sp³-hybridized carbons (Fsp3) is 0.111. The molecule has 1 aromatic heterocycles. The number of aryl methyl sites for hydroxylation is 1. The molecule has 0 atom stereocenters. The Kier molecular flexibility index (Phi) is 1.73. The number of aromatic nitrogens is 2. The van der Waals surface area contributed by atoms with E-state index in [4.69, 9.17) is 0 Å². The molecule has 0 aliphatic rings. The average Bonchev–Trinajstić information content (AvgIpc) is 2.11. The van der Waals surface area contributed by atoms with Crippen molar-refractivity contribution < 1.29 is 4.39 Å². The van der Waals surface area contributed by atoms with Gasteiger partial charge in [-0.2, -0.15) is 0 Å². The molecule has 0 bridgehead atoms. The van der Waals surface area contributed by atoms with E-state index in [-0.39, 0.29) is 5.52 Å². The largest absolute Gasteiger partial charge is 0.316 e. The van der Waals surface area contributed by atoms with Crippen LogP contribution in [0.5, 0.6) is 0 Å². The Morgan fingerprint density at radius 1 is 1.07 bits per heavy atom. The van der Waals surface area contributed by atoms with Crippen LogP contribution in [0.4, 0.5) is 4.39 Å². The van der Waals surface area contributed by atoms with Crippen LogP contribution in [-0.2, 0) is 0 Å². The van der Waals surface area contributed by atoms with E-state index in [9.17, 15) is 14.0 Å². The molecule has 0 saturated carbocycles. The molecule has 0 aliphatic heterocycles. The highest BCUT2D eigenvalue weighted by Gasteiger charge is 2.03. The predicted molar refractivity (Wildman–Crippen MR) is 49.9 cm³/mol. The molecule has 0 saturated heterocycles. The standard InChI is InChI=1S/C9H7FN2O2/c1-4-2-6-7(3-5(4)10)12-9(14)8(13)11-6/h2-3H,1H3,(H,11,13)(H,12,14). The van der Waals surface area contributed by atoms with Gasteiger partial charge >= 0.3 is 11.1 Å². The molecule has 2 N–H and O–H groups in total. The maximum Gasteiger partial charge on any atom is 0.314 e. The van der Waals surface area contributed by atoms with Gasteiger partial charge in [-0.05, 0) is 24.6 Å². The Labute approximate surface area is 77.4 Å². The van der Waals surface area contributed by atoms with Gasteiger partial charge in [-0.1, -0.05) is 0 Å². The summed E-state index contributed by atoms with van der Waals surface area (Å²) in [5, 5.41) is 0. The van der Waals surface area contributed by atoms with Gasteiger partial charge in [-0.25, -0.2) is 4.39 Å². The molecule has 2 rings (SSSR count). The minimum Gasteiger partial charge on any atom is -0.316 e. The Morgan fingerprint density at radius 3 is 2.14 bits per heavy atom. The van der Waals surface area contributed by atoms with Crippen molar-refractivity contribution in [1.29, 1.82) is 0 Å². The summed E-state index contributed by atoms with van der Waals surface area (Å²) >= 11 is 0. The quantitative estimate of drug-likeness (QED) is 0.605. The lowest BCUT2D eigenvalue weighted by atomic mass is 10.2. The monoisotopic (exact) mass is 194 g/mol. The van der Waals surface area contributed by atoms with Crippen molar-refractivity contribution in [3.63, 3.8) is 0 Å². The number of halogens is 1. The van der Waals surface area contributed by atoms with E-state index in [0.29, 0.717) is 11.1 Å². The number of fused-ring (bicyclic) bond motifs is 1. The van der Waals surface area contributed by atoms with Crippen LogP contribution < -0.4 is 11.1 Å². The lowest BCUT2D eigenvalue weighted by Gasteiger charge is -1.99.